The van der Waals surface area contributed by atoms with Crippen LogP contribution in [0.2, 0.25) is 10.0 Å². The van der Waals surface area contributed by atoms with Crippen LogP contribution in [0.4, 0.5) is 0 Å². The Labute approximate surface area is 122 Å². The summed E-state index contributed by atoms with van der Waals surface area (Å²) < 4.78 is 4.65. The lowest BCUT2D eigenvalue weighted by molar-refractivity contribution is -0.144. The van der Waals surface area contributed by atoms with Gasteiger partial charge in [0.1, 0.15) is 6.04 Å². The van der Waals surface area contributed by atoms with E-state index in [0.717, 1.165) is 0 Å². The van der Waals surface area contributed by atoms with E-state index in [4.69, 9.17) is 23.2 Å². The summed E-state index contributed by atoms with van der Waals surface area (Å²) in [6, 6.07) is 3.82. The van der Waals surface area contributed by atoms with Crippen molar-refractivity contribution < 1.29 is 14.3 Å². The van der Waals surface area contributed by atoms with Crippen LogP contribution in [0, 0.1) is 5.92 Å². The molecule has 0 aromatic heterocycles. The van der Waals surface area contributed by atoms with Crippen molar-refractivity contribution in [3.63, 3.8) is 0 Å². The zero-order chi connectivity index (χ0) is 14.6. The molecule has 1 N–H and O–H groups in total. The van der Waals surface area contributed by atoms with E-state index in [2.05, 4.69) is 10.1 Å². The molecule has 0 saturated heterocycles. The van der Waals surface area contributed by atoms with Crippen LogP contribution in [0.25, 0.3) is 0 Å². The van der Waals surface area contributed by atoms with Crippen molar-refractivity contribution in [1.82, 2.24) is 5.32 Å². The second kappa shape index (κ2) is 6.78. The lowest BCUT2D eigenvalue weighted by atomic mass is 10.0. The predicted molar refractivity (Wildman–Crippen MR) is 74.6 cm³/mol. The van der Waals surface area contributed by atoms with E-state index in [1.165, 1.54) is 19.2 Å². The summed E-state index contributed by atoms with van der Waals surface area (Å²) in [6.45, 7) is 3.62. The molecule has 1 aromatic rings. The molecule has 6 heteroatoms. The fourth-order valence-corrected chi connectivity index (χ4v) is 2.01. The normalized spacial score (nSPS) is 12.1. The number of ether oxygens (including phenoxy) is 1. The number of rotatable bonds is 4. The molecule has 1 rings (SSSR count). The van der Waals surface area contributed by atoms with Crippen LogP contribution in [0.5, 0.6) is 0 Å². The van der Waals surface area contributed by atoms with Gasteiger partial charge in [-0.3, -0.25) is 4.79 Å². The number of carbonyl (C=O) groups excluding carboxylic acids is 2. The smallest absolute Gasteiger partial charge is 0.328 e. The van der Waals surface area contributed by atoms with Gasteiger partial charge in [0.2, 0.25) is 0 Å². The number of halogens is 2. The largest absolute Gasteiger partial charge is 0.467 e. The maximum absolute atomic E-state index is 12.1. The number of hydrogen-bond acceptors (Lipinski definition) is 3. The SMILES string of the molecule is COC(=O)[C@@H](NC(=O)c1ccc(Cl)cc1Cl)C(C)C. The van der Waals surface area contributed by atoms with Gasteiger partial charge in [-0.2, -0.15) is 0 Å². The third-order valence-electron chi connectivity index (χ3n) is 2.58. The Morgan fingerprint density at radius 3 is 2.37 bits per heavy atom. The number of hydrogen-bond donors (Lipinski definition) is 1. The molecule has 0 unspecified atom stereocenters. The lowest BCUT2D eigenvalue weighted by Crippen LogP contribution is -2.45. The zero-order valence-corrected chi connectivity index (χ0v) is 12.4. The highest BCUT2D eigenvalue weighted by Crippen LogP contribution is 2.21. The van der Waals surface area contributed by atoms with Crippen molar-refractivity contribution in [3.8, 4) is 0 Å². The molecule has 0 aliphatic heterocycles. The molecule has 1 amide bonds. The Morgan fingerprint density at radius 2 is 1.89 bits per heavy atom. The fraction of sp³-hybridized carbons (Fsp3) is 0.385. The van der Waals surface area contributed by atoms with Gasteiger partial charge in [-0.25, -0.2) is 4.79 Å². The standard InChI is InChI=1S/C13H15Cl2NO3/c1-7(2)11(13(18)19-3)16-12(17)9-5-4-8(14)6-10(9)15/h4-7,11H,1-3H3,(H,16,17)/t11-/m0/s1. The van der Waals surface area contributed by atoms with E-state index < -0.39 is 17.9 Å². The molecule has 0 fully saturated rings. The summed E-state index contributed by atoms with van der Waals surface area (Å²) >= 11 is 11.7. The van der Waals surface area contributed by atoms with Crippen molar-refractivity contribution in [1.29, 1.82) is 0 Å². The number of benzene rings is 1. The molecule has 1 atom stereocenters. The highest BCUT2D eigenvalue weighted by atomic mass is 35.5. The molecule has 0 aliphatic rings. The van der Waals surface area contributed by atoms with Gasteiger partial charge in [0.05, 0.1) is 17.7 Å². The highest BCUT2D eigenvalue weighted by Gasteiger charge is 2.26. The molecule has 0 bridgehead atoms. The average Bonchev–Trinajstić information content (AvgIpc) is 2.34. The number of esters is 1. The van der Waals surface area contributed by atoms with Gasteiger partial charge in [0.15, 0.2) is 0 Å². The van der Waals surface area contributed by atoms with Crippen LogP contribution in [0.1, 0.15) is 24.2 Å². The van der Waals surface area contributed by atoms with E-state index in [1.54, 1.807) is 6.07 Å². The van der Waals surface area contributed by atoms with E-state index in [0.29, 0.717) is 5.02 Å². The first-order chi connectivity index (χ1) is 8.86. The lowest BCUT2D eigenvalue weighted by Gasteiger charge is -2.20. The van der Waals surface area contributed by atoms with Crippen molar-refractivity contribution in [2.24, 2.45) is 5.92 Å². The highest BCUT2D eigenvalue weighted by molar-refractivity contribution is 6.36. The van der Waals surface area contributed by atoms with Crippen LogP contribution in [-0.2, 0) is 9.53 Å². The molecule has 4 nitrogen and oxygen atoms in total. The molecule has 19 heavy (non-hydrogen) atoms. The van der Waals surface area contributed by atoms with Crippen LogP contribution in [-0.4, -0.2) is 25.0 Å². The van der Waals surface area contributed by atoms with Crippen LogP contribution in [0.15, 0.2) is 18.2 Å². The zero-order valence-electron chi connectivity index (χ0n) is 10.9. The molecule has 0 heterocycles. The summed E-state index contributed by atoms with van der Waals surface area (Å²) in [5, 5.41) is 3.28. The van der Waals surface area contributed by atoms with E-state index in [1.807, 2.05) is 13.8 Å². The minimum Gasteiger partial charge on any atom is -0.467 e. The minimum atomic E-state index is -0.718. The third kappa shape index (κ3) is 4.11. The van der Waals surface area contributed by atoms with Crippen LogP contribution in [0.3, 0.4) is 0 Å². The summed E-state index contributed by atoms with van der Waals surface area (Å²) in [5.41, 5.74) is 0.264. The minimum absolute atomic E-state index is 0.0949. The van der Waals surface area contributed by atoms with Crippen LogP contribution < -0.4 is 5.32 Å². The van der Waals surface area contributed by atoms with Gasteiger partial charge < -0.3 is 10.1 Å². The Balaban J connectivity index is 2.91. The molecular formula is C13H15Cl2NO3. The molecule has 0 radical (unpaired) electrons. The molecular weight excluding hydrogens is 289 g/mol. The summed E-state index contributed by atoms with van der Waals surface area (Å²) in [5.74, 6) is -1.03. The van der Waals surface area contributed by atoms with Crippen molar-refractivity contribution in [3.05, 3.63) is 33.8 Å². The Kier molecular flexibility index (Phi) is 5.63. The first kappa shape index (κ1) is 15.8. The van der Waals surface area contributed by atoms with Gasteiger partial charge in [-0.15, -0.1) is 0 Å². The van der Waals surface area contributed by atoms with Crippen molar-refractivity contribution in [2.75, 3.05) is 7.11 Å². The van der Waals surface area contributed by atoms with Gasteiger partial charge in [0, 0.05) is 5.02 Å². The second-order valence-corrected chi connectivity index (χ2v) is 5.19. The van der Waals surface area contributed by atoms with E-state index >= 15 is 0 Å². The Morgan fingerprint density at radius 1 is 1.26 bits per heavy atom. The fourth-order valence-electron chi connectivity index (χ4n) is 1.52. The first-order valence-electron chi connectivity index (χ1n) is 5.70. The molecule has 1 aromatic carbocycles. The maximum Gasteiger partial charge on any atom is 0.328 e. The average molecular weight is 304 g/mol. The number of methoxy groups -OCH3 is 1. The van der Waals surface area contributed by atoms with Crippen molar-refractivity contribution >= 4 is 35.1 Å². The molecule has 0 spiro atoms. The summed E-state index contributed by atoms with van der Waals surface area (Å²) in [7, 11) is 1.28. The first-order valence-corrected chi connectivity index (χ1v) is 6.46. The van der Waals surface area contributed by atoms with Gasteiger partial charge in [0.25, 0.3) is 5.91 Å². The number of carbonyl (C=O) groups is 2. The maximum atomic E-state index is 12.1. The number of nitrogens with one attached hydrogen (secondary N) is 1. The van der Waals surface area contributed by atoms with E-state index in [-0.39, 0.29) is 16.5 Å². The monoisotopic (exact) mass is 303 g/mol. The quantitative estimate of drug-likeness (QED) is 0.870. The molecule has 0 aliphatic carbocycles. The van der Waals surface area contributed by atoms with Crippen LogP contribution >= 0.6 is 23.2 Å². The van der Waals surface area contributed by atoms with E-state index in [9.17, 15) is 9.59 Å². The topological polar surface area (TPSA) is 55.4 Å². The van der Waals surface area contributed by atoms with Gasteiger partial charge >= 0.3 is 5.97 Å². The second-order valence-electron chi connectivity index (χ2n) is 4.34. The Bertz CT molecular complexity index is 489. The van der Waals surface area contributed by atoms with Gasteiger partial charge in [-0.05, 0) is 24.1 Å². The van der Waals surface area contributed by atoms with Gasteiger partial charge in [-0.1, -0.05) is 37.0 Å². The van der Waals surface area contributed by atoms with Crippen molar-refractivity contribution in [2.45, 2.75) is 19.9 Å². The molecule has 104 valence electrons. The predicted octanol–water partition coefficient (Wildman–Crippen LogP) is 2.92. The third-order valence-corrected chi connectivity index (χ3v) is 3.13. The summed E-state index contributed by atoms with van der Waals surface area (Å²) in [6.07, 6.45) is 0. The Hall–Kier alpha value is -1.26. The number of amides is 1. The summed E-state index contributed by atoms with van der Waals surface area (Å²) in [4.78, 5) is 23.6. The molecule has 0 saturated carbocycles.